The van der Waals surface area contributed by atoms with Gasteiger partial charge in [-0.05, 0) is 24.0 Å². The van der Waals surface area contributed by atoms with Crippen molar-refractivity contribution >= 4 is 21.6 Å². The first kappa shape index (κ1) is 12.5. The molecule has 2 rings (SSSR count). The predicted molar refractivity (Wildman–Crippen MR) is 75.5 cm³/mol. The Morgan fingerprint density at radius 1 is 1.35 bits per heavy atom. The minimum Gasteiger partial charge on any atom is -0.327 e. The number of aryl methyl sites for hydroxylation is 1. The van der Waals surface area contributed by atoms with Gasteiger partial charge in [-0.25, -0.2) is 4.98 Å². The number of thiazole rings is 1. The Kier molecular flexibility index (Phi) is 3.23. The van der Waals surface area contributed by atoms with Crippen LogP contribution in [0.3, 0.4) is 0 Å². The number of aromatic nitrogens is 1. The Morgan fingerprint density at radius 2 is 2.06 bits per heavy atom. The molecule has 1 heterocycles. The Morgan fingerprint density at radius 3 is 2.65 bits per heavy atom. The lowest BCUT2D eigenvalue weighted by Gasteiger charge is -2.26. The smallest absolute Gasteiger partial charge is 0.0954 e. The molecule has 1 aromatic heterocycles. The van der Waals surface area contributed by atoms with E-state index in [1.807, 2.05) is 0 Å². The first-order valence-corrected chi connectivity index (χ1v) is 6.80. The first-order valence-electron chi connectivity index (χ1n) is 5.98. The molecule has 0 fully saturated rings. The summed E-state index contributed by atoms with van der Waals surface area (Å²) in [6, 6.07) is 6.48. The third-order valence-electron chi connectivity index (χ3n) is 3.17. The molecule has 0 amide bonds. The molecule has 0 saturated heterocycles. The highest BCUT2D eigenvalue weighted by atomic mass is 32.1. The van der Waals surface area contributed by atoms with E-state index >= 15 is 0 Å². The van der Waals surface area contributed by atoms with E-state index in [0.717, 1.165) is 16.9 Å². The predicted octanol–water partition coefficient (Wildman–Crippen LogP) is 3.52. The maximum absolute atomic E-state index is 6.21. The third-order valence-corrected chi connectivity index (χ3v) is 4.21. The highest BCUT2D eigenvalue weighted by Crippen LogP contribution is 2.27. The van der Waals surface area contributed by atoms with Crippen molar-refractivity contribution in [3.8, 4) is 0 Å². The van der Waals surface area contributed by atoms with E-state index in [2.05, 4.69) is 45.9 Å². The van der Waals surface area contributed by atoms with Crippen molar-refractivity contribution in [2.24, 2.45) is 11.1 Å². The lowest BCUT2D eigenvalue weighted by Crippen LogP contribution is -2.36. The summed E-state index contributed by atoms with van der Waals surface area (Å²) in [5, 5.41) is 1.15. The van der Waals surface area contributed by atoms with E-state index in [0.29, 0.717) is 0 Å². The lowest BCUT2D eigenvalue weighted by atomic mass is 9.86. The quantitative estimate of drug-likeness (QED) is 0.883. The monoisotopic (exact) mass is 248 g/mol. The van der Waals surface area contributed by atoms with E-state index in [1.54, 1.807) is 11.3 Å². The Balaban J connectivity index is 2.29. The summed E-state index contributed by atoms with van der Waals surface area (Å²) < 4.78 is 1.26. The zero-order chi connectivity index (χ0) is 12.6. The summed E-state index contributed by atoms with van der Waals surface area (Å²) in [5.74, 6) is 0. The van der Waals surface area contributed by atoms with Crippen LogP contribution in [0.2, 0.25) is 0 Å². The van der Waals surface area contributed by atoms with Crippen molar-refractivity contribution in [3.63, 3.8) is 0 Å². The molecule has 0 radical (unpaired) electrons. The molecule has 2 aromatic rings. The van der Waals surface area contributed by atoms with E-state index in [1.165, 1.54) is 10.3 Å². The molecule has 2 nitrogen and oxygen atoms in total. The Labute approximate surface area is 107 Å². The second-order valence-corrected chi connectivity index (χ2v) is 6.82. The van der Waals surface area contributed by atoms with Gasteiger partial charge in [0.2, 0.25) is 0 Å². The summed E-state index contributed by atoms with van der Waals surface area (Å²) in [7, 11) is 0. The van der Waals surface area contributed by atoms with Gasteiger partial charge >= 0.3 is 0 Å². The minimum absolute atomic E-state index is 0.132. The maximum Gasteiger partial charge on any atom is 0.0954 e. The van der Waals surface area contributed by atoms with Gasteiger partial charge in [-0.2, -0.15) is 0 Å². The molecule has 1 atom stereocenters. The molecule has 2 N–H and O–H groups in total. The SMILES string of the molecule is Cc1cccc2sc(CC(N)C(C)(C)C)nc12. The molecule has 1 aromatic carbocycles. The van der Waals surface area contributed by atoms with Crippen LogP contribution in [0.1, 0.15) is 31.3 Å². The van der Waals surface area contributed by atoms with Gasteiger partial charge in [0, 0.05) is 12.5 Å². The summed E-state index contributed by atoms with van der Waals surface area (Å²) in [4.78, 5) is 4.70. The second-order valence-electron chi connectivity index (χ2n) is 5.71. The number of nitrogens with two attached hydrogens (primary N) is 1. The van der Waals surface area contributed by atoms with Crippen LogP contribution in [-0.4, -0.2) is 11.0 Å². The van der Waals surface area contributed by atoms with Gasteiger partial charge in [-0.3, -0.25) is 0 Å². The van der Waals surface area contributed by atoms with E-state index in [-0.39, 0.29) is 11.5 Å². The van der Waals surface area contributed by atoms with Crippen LogP contribution < -0.4 is 5.73 Å². The Bertz CT molecular complexity index is 522. The molecule has 0 saturated carbocycles. The molecule has 0 bridgehead atoms. The van der Waals surface area contributed by atoms with Gasteiger partial charge in [0.25, 0.3) is 0 Å². The van der Waals surface area contributed by atoms with Crippen molar-refractivity contribution in [1.29, 1.82) is 0 Å². The largest absolute Gasteiger partial charge is 0.327 e. The molecule has 0 aliphatic heterocycles. The lowest BCUT2D eigenvalue weighted by molar-refractivity contribution is 0.318. The molecule has 0 aliphatic carbocycles. The average Bonchev–Trinajstić information content (AvgIpc) is 2.60. The van der Waals surface area contributed by atoms with Gasteiger partial charge in [0.05, 0.1) is 15.2 Å². The molecule has 92 valence electrons. The fourth-order valence-electron chi connectivity index (χ4n) is 1.71. The van der Waals surface area contributed by atoms with Crippen LogP contribution >= 0.6 is 11.3 Å². The first-order chi connectivity index (χ1) is 7.88. The normalized spacial score (nSPS) is 14.2. The van der Waals surface area contributed by atoms with Gasteiger partial charge in [0.1, 0.15) is 0 Å². The van der Waals surface area contributed by atoms with Gasteiger partial charge < -0.3 is 5.73 Å². The van der Waals surface area contributed by atoms with Gasteiger partial charge in [-0.15, -0.1) is 11.3 Å². The number of nitrogens with zero attached hydrogens (tertiary/aromatic N) is 1. The number of hydrogen-bond acceptors (Lipinski definition) is 3. The number of benzene rings is 1. The molecular weight excluding hydrogens is 228 g/mol. The van der Waals surface area contributed by atoms with Crippen molar-refractivity contribution in [1.82, 2.24) is 4.98 Å². The molecule has 0 aliphatic rings. The number of fused-ring (bicyclic) bond motifs is 1. The van der Waals surface area contributed by atoms with Crippen LogP contribution in [0.4, 0.5) is 0 Å². The van der Waals surface area contributed by atoms with Gasteiger partial charge in [0.15, 0.2) is 0 Å². The van der Waals surface area contributed by atoms with Crippen LogP contribution in [0.5, 0.6) is 0 Å². The van der Waals surface area contributed by atoms with E-state index in [4.69, 9.17) is 10.7 Å². The van der Waals surface area contributed by atoms with Crippen molar-refractivity contribution in [2.75, 3.05) is 0 Å². The minimum atomic E-state index is 0.132. The Hall–Kier alpha value is -0.930. The van der Waals surface area contributed by atoms with Crippen molar-refractivity contribution < 1.29 is 0 Å². The molecule has 0 spiro atoms. The molecule has 17 heavy (non-hydrogen) atoms. The average molecular weight is 248 g/mol. The van der Waals surface area contributed by atoms with Crippen LogP contribution in [0.25, 0.3) is 10.2 Å². The van der Waals surface area contributed by atoms with Crippen LogP contribution in [0, 0.1) is 12.3 Å². The standard InChI is InChI=1S/C14H20N2S/c1-9-6-5-7-10-13(9)16-12(17-10)8-11(15)14(2,3)4/h5-7,11H,8,15H2,1-4H3. The fraction of sp³-hybridized carbons (Fsp3) is 0.500. The summed E-state index contributed by atoms with van der Waals surface area (Å²) in [6.07, 6.45) is 0.863. The third kappa shape index (κ3) is 2.67. The van der Waals surface area contributed by atoms with E-state index in [9.17, 15) is 0 Å². The van der Waals surface area contributed by atoms with Gasteiger partial charge in [-0.1, -0.05) is 32.9 Å². The van der Waals surface area contributed by atoms with Crippen molar-refractivity contribution in [3.05, 3.63) is 28.8 Å². The molecule has 3 heteroatoms. The number of hydrogen-bond donors (Lipinski definition) is 1. The highest BCUT2D eigenvalue weighted by molar-refractivity contribution is 7.18. The second kappa shape index (κ2) is 4.39. The summed E-state index contributed by atoms with van der Waals surface area (Å²) >= 11 is 1.76. The van der Waals surface area contributed by atoms with E-state index < -0.39 is 0 Å². The van der Waals surface area contributed by atoms with Crippen LogP contribution in [0.15, 0.2) is 18.2 Å². The number of rotatable bonds is 2. The fourth-order valence-corrected chi connectivity index (χ4v) is 2.82. The highest BCUT2D eigenvalue weighted by Gasteiger charge is 2.22. The van der Waals surface area contributed by atoms with Crippen molar-refractivity contribution in [2.45, 2.75) is 40.2 Å². The maximum atomic E-state index is 6.21. The van der Waals surface area contributed by atoms with Crippen LogP contribution in [-0.2, 0) is 6.42 Å². The summed E-state index contributed by atoms with van der Waals surface area (Å²) in [6.45, 7) is 8.64. The summed E-state index contributed by atoms with van der Waals surface area (Å²) in [5.41, 5.74) is 8.72. The zero-order valence-electron chi connectivity index (χ0n) is 10.9. The molecule has 1 unspecified atom stereocenters. The molecular formula is C14H20N2S. The number of para-hydroxylation sites is 1. The zero-order valence-corrected chi connectivity index (χ0v) is 11.8. The topological polar surface area (TPSA) is 38.9 Å².